The molecule has 1 atom stereocenters. The topological polar surface area (TPSA) is 52.7 Å². The van der Waals surface area contributed by atoms with Crippen LogP contribution in [0, 0.1) is 0 Å². The highest BCUT2D eigenvalue weighted by Crippen LogP contribution is 2.13. The molecule has 0 radical (unpaired) electrons. The summed E-state index contributed by atoms with van der Waals surface area (Å²) in [4.78, 5) is 28.5. The van der Waals surface area contributed by atoms with E-state index < -0.39 is 0 Å². The van der Waals surface area contributed by atoms with E-state index in [9.17, 15) is 9.59 Å². The van der Waals surface area contributed by atoms with Crippen LogP contribution < -0.4 is 5.32 Å². The SMILES string of the molecule is O=C(NC1C=CCCC1)N1CCCN(C(=O)c2ccsc2)CC1. The minimum absolute atomic E-state index is 0.00798. The number of carbonyl (C=O) groups excluding carboxylic acids is 2. The van der Waals surface area contributed by atoms with Gasteiger partial charge >= 0.3 is 6.03 Å². The standard InChI is InChI=1S/C17H23N3O2S/c21-16(14-7-12-23-13-14)19-8-4-9-20(11-10-19)17(22)18-15-5-2-1-3-6-15/h2,5,7,12-13,15H,1,3-4,6,8-11H2,(H,18,22). The lowest BCUT2D eigenvalue weighted by Gasteiger charge is -2.25. The van der Waals surface area contributed by atoms with Gasteiger partial charge in [-0.05, 0) is 37.1 Å². The summed E-state index contributed by atoms with van der Waals surface area (Å²) in [5.41, 5.74) is 0.750. The molecule has 5 nitrogen and oxygen atoms in total. The predicted molar refractivity (Wildman–Crippen MR) is 91.7 cm³/mol. The normalized spacial score (nSPS) is 21.8. The Bertz CT molecular complexity index is 570. The first-order valence-corrected chi connectivity index (χ1v) is 9.22. The van der Waals surface area contributed by atoms with Crippen molar-refractivity contribution in [3.8, 4) is 0 Å². The number of nitrogens with zero attached hydrogens (tertiary/aromatic N) is 2. The molecule has 1 aromatic rings. The van der Waals surface area contributed by atoms with E-state index in [1.54, 1.807) is 0 Å². The number of rotatable bonds is 2. The summed E-state index contributed by atoms with van der Waals surface area (Å²) >= 11 is 1.53. The molecule has 0 saturated carbocycles. The van der Waals surface area contributed by atoms with Crippen molar-refractivity contribution in [3.63, 3.8) is 0 Å². The van der Waals surface area contributed by atoms with Crippen LogP contribution in [0.5, 0.6) is 0 Å². The predicted octanol–water partition coefficient (Wildman–Crippen LogP) is 2.71. The van der Waals surface area contributed by atoms with Crippen LogP contribution in [0.2, 0.25) is 0 Å². The maximum atomic E-state index is 12.4. The highest BCUT2D eigenvalue weighted by molar-refractivity contribution is 7.08. The zero-order valence-electron chi connectivity index (χ0n) is 13.2. The van der Waals surface area contributed by atoms with Gasteiger partial charge in [0, 0.05) is 37.6 Å². The Morgan fingerprint density at radius 2 is 1.96 bits per heavy atom. The average Bonchev–Trinajstić information content (AvgIpc) is 2.99. The number of urea groups is 1. The maximum absolute atomic E-state index is 12.4. The van der Waals surface area contributed by atoms with Crippen molar-refractivity contribution in [3.05, 3.63) is 34.5 Å². The summed E-state index contributed by atoms with van der Waals surface area (Å²) in [5, 5.41) is 6.89. The highest BCUT2D eigenvalue weighted by Gasteiger charge is 2.24. The molecule has 1 aromatic heterocycles. The molecule has 0 bridgehead atoms. The van der Waals surface area contributed by atoms with Crippen molar-refractivity contribution in [2.45, 2.75) is 31.7 Å². The van der Waals surface area contributed by atoms with Crippen LogP contribution in [0.3, 0.4) is 0 Å². The molecule has 1 saturated heterocycles. The zero-order chi connectivity index (χ0) is 16.1. The molecule has 1 N–H and O–H groups in total. The minimum Gasteiger partial charge on any atom is -0.337 e. The fraction of sp³-hybridized carbons (Fsp3) is 0.529. The number of allylic oxidation sites excluding steroid dienone is 1. The van der Waals surface area contributed by atoms with Crippen molar-refractivity contribution in [2.24, 2.45) is 0 Å². The fourth-order valence-corrected chi connectivity index (χ4v) is 3.70. The van der Waals surface area contributed by atoms with Gasteiger partial charge in [-0.1, -0.05) is 12.2 Å². The number of amides is 3. The van der Waals surface area contributed by atoms with Gasteiger partial charge in [0.05, 0.1) is 5.56 Å². The summed E-state index contributed by atoms with van der Waals surface area (Å²) < 4.78 is 0. The second-order valence-corrected chi connectivity index (χ2v) is 6.84. The molecule has 1 aliphatic carbocycles. The average molecular weight is 333 g/mol. The molecule has 0 aromatic carbocycles. The van der Waals surface area contributed by atoms with Crippen LogP contribution in [0.15, 0.2) is 29.0 Å². The largest absolute Gasteiger partial charge is 0.337 e. The lowest BCUT2D eigenvalue weighted by molar-refractivity contribution is 0.0762. The van der Waals surface area contributed by atoms with E-state index in [-0.39, 0.29) is 18.0 Å². The van der Waals surface area contributed by atoms with Crippen molar-refractivity contribution < 1.29 is 9.59 Å². The lowest BCUT2D eigenvalue weighted by Crippen LogP contribution is -2.46. The van der Waals surface area contributed by atoms with Crippen molar-refractivity contribution in [1.82, 2.24) is 15.1 Å². The molecule has 2 aliphatic rings. The third-order valence-electron chi connectivity index (χ3n) is 4.40. The van der Waals surface area contributed by atoms with Crippen LogP contribution in [0.25, 0.3) is 0 Å². The van der Waals surface area contributed by atoms with E-state index in [0.29, 0.717) is 26.2 Å². The van der Waals surface area contributed by atoms with Crippen LogP contribution in [0.1, 0.15) is 36.0 Å². The van der Waals surface area contributed by atoms with Gasteiger partial charge in [0.1, 0.15) is 0 Å². The number of nitrogens with one attached hydrogen (secondary N) is 1. The summed E-state index contributed by atoms with van der Waals surface area (Å²) in [5.74, 6) is 0.0729. The maximum Gasteiger partial charge on any atom is 0.317 e. The van der Waals surface area contributed by atoms with E-state index in [1.807, 2.05) is 26.6 Å². The molecular formula is C17H23N3O2S. The Kier molecular flexibility index (Phi) is 5.33. The van der Waals surface area contributed by atoms with Gasteiger partial charge in [-0.3, -0.25) is 4.79 Å². The minimum atomic E-state index is -0.00798. The Morgan fingerprint density at radius 1 is 1.13 bits per heavy atom. The molecule has 2 heterocycles. The van der Waals surface area contributed by atoms with Gasteiger partial charge in [-0.2, -0.15) is 11.3 Å². The Morgan fingerprint density at radius 3 is 2.70 bits per heavy atom. The van der Waals surface area contributed by atoms with Crippen LogP contribution >= 0.6 is 11.3 Å². The fourth-order valence-electron chi connectivity index (χ4n) is 3.07. The van der Waals surface area contributed by atoms with Gasteiger partial charge in [0.25, 0.3) is 5.91 Å². The van der Waals surface area contributed by atoms with Gasteiger partial charge in [-0.25, -0.2) is 4.79 Å². The van der Waals surface area contributed by atoms with E-state index in [2.05, 4.69) is 17.5 Å². The van der Waals surface area contributed by atoms with Crippen LogP contribution in [0.4, 0.5) is 4.79 Å². The molecule has 1 unspecified atom stereocenters. The Labute approximate surface area is 141 Å². The number of carbonyl (C=O) groups is 2. The van der Waals surface area contributed by atoms with Crippen LogP contribution in [-0.4, -0.2) is 54.0 Å². The first kappa shape index (κ1) is 16.1. The molecule has 3 amide bonds. The van der Waals surface area contributed by atoms with Gasteiger partial charge in [-0.15, -0.1) is 0 Å². The first-order chi connectivity index (χ1) is 11.2. The van der Waals surface area contributed by atoms with Gasteiger partial charge in [0.15, 0.2) is 0 Å². The lowest BCUT2D eigenvalue weighted by atomic mass is 10.0. The number of hydrogen-bond acceptors (Lipinski definition) is 3. The molecule has 0 spiro atoms. The molecule has 124 valence electrons. The van der Waals surface area contributed by atoms with E-state index in [1.165, 1.54) is 11.3 Å². The van der Waals surface area contributed by atoms with E-state index in [4.69, 9.17) is 0 Å². The summed E-state index contributed by atoms with van der Waals surface area (Å²) in [6.45, 7) is 2.61. The van der Waals surface area contributed by atoms with E-state index >= 15 is 0 Å². The highest BCUT2D eigenvalue weighted by atomic mass is 32.1. The molecule has 6 heteroatoms. The quantitative estimate of drug-likeness (QED) is 0.846. The molecular weight excluding hydrogens is 310 g/mol. The summed E-state index contributed by atoms with van der Waals surface area (Å²) in [6, 6.07) is 2.01. The summed E-state index contributed by atoms with van der Waals surface area (Å²) in [6.07, 6.45) is 8.30. The molecule has 1 aliphatic heterocycles. The third-order valence-corrected chi connectivity index (χ3v) is 5.08. The Balaban J connectivity index is 1.53. The molecule has 1 fully saturated rings. The van der Waals surface area contributed by atoms with E-state index in [0.717, 1.165) is 31.2 Å². The molecule has 3 rings (SSSR count). The second-order valence-electron chi connectivity index (χ2n) is 6.06. The Hall–Kier alpha value is -1.82. The van der Waals surface area contributed by atoms with Crippen LogP contribution in [-0.2, 0) is 0 Å². The monoisotopic (exact) mass is 333 g/mol. The number of thiophene rings is 1. The third kappa shape index (κ3) is 4.13. The van der Waals surface area contributed by atoms with Crippen molar-refractivity contribution in [1.29, 1.82) is 0 Å². The summed E-state index contributed by atoms with van der Waals surface area (Å²) in [7, 11) is 0. The zero-order valence-corrected chi connectivity index (χ0v) is 14.1. The van der Waals surface area contributed by atoms with Gasteiger partial charge < -0.3 is 15.1 Å². The number of hydrogen-bond donors (Lipinski definition) is 1. The first-order valence-electron chi connectivity index (χ1n) is 8.27. The van der Waals surface area contributed by atoms with Crippen molar-refractivity contribution >= 4 is 23.3 Å². The second kappa shape index (κ2) is 7.64. The van der Waals surface area contributed by atoms with Crippen molar-refractivity contribution in [2.75, 3.05) is 26.2 Å². The smallest absolute Gasteiger partial charge is 0.317 e. The molecule has 23 heavy (non-hydrogen) atoms. The van der Waals surface area contributed by atoms with Gasteiger partial charge in [0.2, 0.25) is 0 Å².